The molecule has 0 saturated carbocycles. The molecule has 0 bridgehead atoms. The zero-order valence-electron chi connectivity index (χ0n) is 22.0. The van der Waals surface area contributed by atoms with E-state index in [1.807, 2.05) is 12.1 Å². The number of carbonyl (C=O) groups excluding carboxylic acids is 2. The van der Waals surface area contributed by atoms with Gasteiger partial charge in [-0.3, -0.25) is 14.6 Å². The molecule has 1 aliphatic heterocycles. The molecular formula is C31H25F6N3O2. The first-order valence-corrected chi connectivity index (χ1v) is 13.2. The maximum atomic E-state index is 13.6. The van der Waals surface area contributed by atoms with Gasteiger partial charge < -0.3 is 10.2 Å². The monoisotopic (exact) mass is 585 g/mol. The number of para-hydroxylation sites is 1. The van der Waals surface area contributed by atoms with E-state index in [-0.39, 0.29) is 31.4 Å². The molecule has 42 heavy (non-hydrogen) atoms. The van der Waals surface area contributed by atoms with Crippen LogP contribution in [0.1, 0.15) is 50.2 Å². The predicted molar refractivity (Wildman–Crippen MR) is 144 cm³/mol. The summed E-state index contributed by atoms with van der Waals surface area (Å²) in [5.74, 6) is -1.28. The van der Waals surface area contributed by atoms with E-state index < -0.39 is 47.0 Å². The third-order valence-electron chi connectivity index (χ3n) is 7.35. The maximum Gasteiger partial charge on any atom is 0.416 e. The van der Waals surface area contributed by atoms with E-state index in [4.69, 9.17) is 0 Å². The Bertz CT molecular complexity index is 1570. The van der Waals surface area contributed by atoms with Crippen LogP contribution < -0.4 is 5.32 Å². The van der Waals surface area contributed by atoms with Gasteiger partial charge in [0, 0.05) is 35.8 Å². The van der Waals surface area contributed by atoms with Gasteiger partial charge in [0.05, 0.1) is 22.2 Å². The Labute approximate surface area is 237 Å². The third-order valence-corrected chi connectivity index (χ3v) is 7.35. The SMILES string of the molecule is O=C(NC1CCN(C(=O)c2cc(C(F)(F)F)cc(C(F)(F)F)c2)C(Cc2ccccc2)C1)c1ccnc2ccccc12. The first-order chi connectivity index (χ1) is 19.9. The Hall–Kier alpha value is -4.41. The van der Waals surface area contributed by atoms with Crippen molar-refractivity contribution in [2.24, 2.45) is 0 Å². The smallest absolute Gasteiger partial charge is 0.349 e. The molecule has 0 spiro atoms. The fraction of sp³-hybridized carbons (Fsp3) is 0.258. The normalized spacial score (nSPS) is 17.7. The lowest BCUT2D eigenvalue weighted by molar-refractivity contribution is -0.143. The summed E-state index contributed by atoms with van der Waals surface area (Å²) in [4.78, 5) is 32.4. The summed E-state index contributed by atoms with van der Waals surface area (Å²) < 4.78 is 80.9. The largest absolute Gasteiger partial charge is 0.416 e. The van der Waals surface area contributed by atoms with Crippen molar-refractivity contribution in [1.29, 1.82) is 0 Å². The maximum absolute atomic E-state index is 13.6. The lowest BCUT2D eigenvalue weighted by Gasteiger charge is -2.40. The second kappa shape index (κ2) is 11.5. The predicted octanol–water partition coefficient (Wildman–Crippen LogP) is 6.92. The molecule has 2 heterocycles. The molecule has 0 radical (unpaired) electrons. The first kappa shape index (κ1) is 29.1. The van der Waals surface area contributed by atoms with Crippen molar-refractivity contribution >= 4 is 22.7 Å². The fourth-order valence-electron chi connectivity index (χ4n) is 5.33. The quantitative estimate of drug-likeness (QED) is 0.259. The number of benzene rings is 3. The van der Waals surface area contributed by atoms with Crippen molar-refractivity contribution in [2.45, 2.75) is 43.7 Å². The Morgan fingerprint density at radius 2 is 1.50 bits per heavy atom. The minimum absolute atomic E-state index is 0.00278. The molecule has 1 aromatic heterocycles. The van der Waals surface area contributed by atoms with E-state index in [0.29, 0.717) is 35.0 Å². The number of hydrogen-bond donors (Lipinski definition) is 1. The number of pyridine rings is 1. The molecule has 11 heteroatoms. The zero-order chi connectivity index (χ0) is 30.1. The van der Waals surface area contributed by atoms with Crippen LogP contribution >= 0.6 is 0 Å². The van der Waals surface area contributed by atoms with Crippen LogP contribution in [0.25, 0.3) is 10.9 Å². The number of rotatable bonds is 5. The zero-order valence-corrected chi connectivity index (χ0v) is 22.0. The highest BCUT2D eigenvalue weighted by molar-refractivity contribution is 6.06. The van der Waals surface area contributed by atoms with Gasteiger partial charge in [-0.1, -0.05) is 48.5 Å². The molecular weight excluding hydrogens is 560 g/mol. The van der Waals surface area contributed by atoms with Gasteiger partial charge in [-0.05, 0) is 55.2 Å². The molecule has 1 fully saturated rings. The number of alkyl halides is 6. The van der Waals surface area contributed by atoms with E-state index in [0.717, 1.165) is 5.56 Å². The van der Waals surface area contributed by atoms with Crippen LogP contribution in [0.2, 0.25) is 0 Å². The van der Waals surface area contributed by atoms with Crippen molar-refractivity contribution in [3.05, 3.63) is 113 Å². The van der Waals surface area contributed by atoms with E-state index >= 15 is 0 Å². The summed E-state index contributed by atoms with van der Waals surface area (Å²) >= 11 is 0. The molecule has 0 aliphatic carbocycles. The third kappa shape index (κ3) is 6.40. The first-order valence-electron chi connectivity index (χ1n) is 13.2. The molecule has 2 atom stereocenters. The molecule has 1 N–H and O–H groups in total. The minimum atomic E-state index is -5.08. The van der Waals surface area contributed by atoms with E-state index in [9.17, 15) is 35.9 Å². The number of nitrogens with zero attached hydrogens (tertiary/aromatic N) is 2. The Morgan fingerprint density at radius 1 is 0.857 bits per heavy atom. The molecule has 5 rings (SSSR count). The van der Waals surface area contributed by atoms with Gasteiger partial charge in [0.1, 0.15) is 0 Å². The Kier molecular flexibility index (Phi) is 7.94. The summed E-state index contributed by atoms with van der Waals surface area (Å²) in [6.45, 7) is 0.0238. The second-order valence-corrected chi connectivity index (χ2v) is 10.2. The molecule has 2 unspecified atom stereocenters. The number of aromatic nitrogens is 1. The molecule has 218 valence electrons. The van der Waals surface area contributed by atoms with Crippen molar-refractivity contribution in [1.82, 2.24) is 15.2 Å². The molecule has 3 aromatic carbocycles. The highest BCUT2D eigenvalue weighted by Crippen LogP contribution is 2.37. The summed E-state index contributed by atoms with van der Waals surface area (Å²) in [5.41, 5.74) is -1.90. The number of halogens is 6. The topological polar surface area (TPSA) is 62.3 Å². The number of amides is 2. The van der Waals surface area contributed by atoms with Crippen molar-refractivity contribution in [3.63, 3.8) is 0 Å². The molecule has 4 aromatic rings. The number of nitrogens with one attached hydrogen (secondary N) is 1. The van der Waals surface area contributed by atoms with Gasteiger partial charge in [-0.2, -0.15) is 26.3 Å². The van der Waals surface area contributed by atoms with E-state index in [2.05, 4.69) is 10.3 Å². The lowest BCUT2D eigenvalue weighted by atomic mass is 9.91. The van der Waals surface area contributed by atoms with Crippen LogP contribution in [-0.2, 0) is 18.8 Å². The summed E-state index contributed by atoms with van der Waals surface area (Å²) in [6.07, 6.45) is -7.82. The van der Waals surface area contributed by atoms with Crippen LogP contribution in [0.3, 0.4) is 0 Å². The summed E-state index contributed by atoms with van der Waals surface area (Å²) in [6, 6.07) is 17.7. The van der Waals surface area contributed by atoms with Crippen LogP contribution in [0.15, 0.2) is 85.1 Å². The average Bonchev–Trinajstić information content (AvgIpc) is 2.96. The van der Waals surface area contributed by atoms with Crippen molar-refractivity contribution < 1.29 is 35.9 Å². The van der Waals surface area contributed by atoms with Crippen molar-refractivity contribution in [3.8, 4) is 0 Å². The molecule has 1 saturated heterocycles. The highest BCUT2D eigenvalue weighted by Gasteiger charge is 2.39. The Morgan fingerprint density at radius 3 is 2.17 bits per heavy atom. The average molecular weight is 586 g/mol. The fourth-order valence-corrected chi connectivity index (χ4v) is 5.33. The van der Waals surface area contributed by atoms with E-state index in [1.54, 1.807) is 48.5 Å². The van der Waals surface area contributed by atoms with Crippen molar-refractivity contribution in [2.75, 3.05) is 6.54 Å². The van der Waals surface area contributed by atoms with Gasteiger partial charge in [0.15, 0.2) is 0 Å². The van der Waals surface area contributed by atoms with Crippen LogP contribution in [-0.4, -0.2) is 40.3 Å². The molecule has 2 amide bonds. The van der Waals surface area contributed by atoms with Gasteiger partial charge in [0.2, 0.25) is 0 Å². The Balaban J connectivity index is 1.43. The number of fused-ring (bicyclic) bond motifs is 1. The van der Waals surface area contributed by atoms with Gasteiger partial charge in [-0.25, -0.2) is 0 Å². The number of piperidine rings is 1. The van der Waals surface area contributed by atoms with Gasteiger partial charge in [0.25, 0.3) is 11.8 Å². The number of carbonyl (C=O) groups is 2. The van der Waals surface area contributed by atoms with Gasteiger partial charge >= 0.3 is 12.4 Å². The van der Waals surface area contributed by atoms with Crippen LogP contribution in [0.4, 0.5) is 26.3 Å². The highest BCUT2D eigenvalue weighted by atomic mass is 19.4. The summed E-state index contributed by atoms with van der Waals surface area (Å²) in [7, 11) is 0. The minimum Gasteiger partial charge on any atom is -0.349 e. The number of hydrogen-bond acceptors (Lipinski definition) is 3. The standard InChI is InChI=1S/C31H25F6N3O2/c32-30(33,34)21-15-20(16-22(17-21)31(35,36)37)29(42)40-13-11-23(18-24(40)14-19-6-2-1-3-7-19)39-28(41)26-10-12-38-27-9-5-4-8-25(26)27/h1-10,12,15-17,23-24H,11,13-14,18H2,(H,39,41). The second-order valence-electron chi connectivity index (χ2n) is 10.2. The lowest BCUT2D eigenvalue weighted by Crippen LogP contribution is -2.52. The van der Waals surface area contributed by atoms with Crippen LogP contribution in [0.5, 0.6) is 0 Å². The molecule has 5 nitrogen and oxygen atoms in total. The van der Waals surface area contributed by atoms with Gasteiger partial charge in [-0.15, -0.1) is 0 Å². The van der Waals surface area contributed by atoms with Crippen LogP contribution in [0, 0.1) is 0 Å². The van der Waals surface area contributed by atoms with E-state index in [1.165, 1.54) is 11.1 Å². The molecule has 1 aliphatic rings. The number of likely N-dealkylation sites (tertiary alicyclic amines) is 1. The summed E-state index contributed by atoms with van der Waals surface area (Å²) in [5, 5.41) is 3.66.